The lowest BCUT2D eigenvalue weighted by molar-refractivity contribution is -0.384. The number of carbonyl (C=O) groups excluding carboxylic acids is 1. The van der Waals surface area contributed by atoms with Crippen LogP contribution in [0, 0.1) is 17.0 Å². The van der Waals surface area contributed by atoms with Crippen molar-refractivity contribution in [1.29, 1.82) is 0 Å². The van der Waals surface area contributed by atoms with Crippen molar-refractivity contribution in [2.24, 2.45) is 0 Å². The number of aromatic nitrogens is 2. The van der Waals surface area contributed by atoms with Gasteiger partial charge in [0.1, 0.15) is 11.4 Å². The zero-order chi connectivity index (χ0) is 17.3. The highest BCUT2D eigenvalue weighted by Gasteiger charge is 2.31. The molecule has 1 N–H and O–H groups in total. The molecule has 0 aliphatic heterocycles. The van der Waals surface area contributed by atoms with Gasteiger partial charge in [0.25, 0.3) is 5.91 Å². The topological polar surface area (TPSA) is 98.3 Å². The highest BCUT2D eigenvalue weighted by molar-refractivity contribution is 5.99. The van der Waals surface area contributed by atoms with E-state index >= 15 is 0 Å². The molecule has 0 saturated carbocycles. The monoisotopic (exact) mass is 323 g/mol. The number of hydrogen-bond acceptors (Lipinski definition) is 5. The first-order valence-electron chi connectivity index (χ1n) is 7.13. The van der Waals surface area contributed by atoms with E-state index in [0.717, 1.165) is 4.68 Å². The van der Waals surface area contributed by atoms with E-state index in [1.165, 1.54) is 19.1 Å². The van der Waals surface area contributed by atoms with Gasteiger partial charge in [0.2, 0.25) is 0 Å². The van der Waals surface area contributed by atoms with Gasteiger partial charge < -0.3 is 5.11 Å². The second kappa shape index (κ2) is 5.96. The third-order valence-corrected chi connectivity index (χ3v) is 3.58. The third-order valence-electron chi connectivity index (χ3n) is 3.58. The van der Waals surface area contributed by atoms with Crippen LogP contribution in [0.25, 0.3) is 11.3 Å². The zero-order valence-electron chi connectivity index (χ0n) is 12.7. The van der Waals surface area contributed by atoms with Crippen LogP contribution in [0.3, 0.4) is 0 Å². The minimum absolute atomic E-state index is 0.0375. The Hall–Kier alpha value is -3.48. The van der Waals surface area contributed by atoms with Crippen molar-refractivity contribution < 1.29 is 14.8 Å². The largest absolute Gasteiger partial charge is 0.507 e. The highest BCUT2D eigenvalue weighted by Crippen LogP contribution is 2.37. The predicted octanol–water partition coefficient (Wildman–Crippen LogP) is 3.16. The summed E-state index contributed by atoms with van der Waals surface area (Å²) in [5.41, 5.74) is 0.272. The molecule has 1 aromatic heterocycles. The van der Waals surface area contributed by atoms with Crippen LogP contribution < -0.4 is 0 Å². The molecule has 0 fully saturated rings. The Morgan fingerprint density at radius 3 is 2.38 bits per heavy atom. The average Bonchev–Trinajstić information content (AvgIpc) is 2.92. The Morgan fingerprint density at radius 2 is 1.75 bits per heavy atom. The van der Waals surface area contributed by atoms with Gasteiger partial charge in [0, 0.05) is 11.1 Å². The number of carbonyl (C=O) groups is 1. The van der Waals surface area contributed by atoms with Gasteiger partial charge in [0.05, 0.1) is 4.92 Å². The molecule has 120 valence electrons. The fraction of sp³-hybridized carbons (Fsp3) is 0.0588. The first-order valence-corrected chi connectivity index (χ1v) is 7.13. The summed E-state index contributed by atoms with van der Waals surface area (Å²) in [5.74, 6) is -0.673. The Labute approximate surface area is 136 Å². The lowest BCUT2D eigenvalue weighted by atomic mass is 10.1. The van der Waals surface area contributed by atoms with E-state index in [1.54, 1.807) is 42.5 Å². The molecule has 7 heteroatoms. The molecule has 0 radical (unpaired) electrons. The third kappa shape index (κ3) is 2.52. The van der Waals surface area contributed by atoms with Crippen LogP contribution in [0.1, 0.15) is 16.1 Å². The second-order valence-corrected chi connectivity index (χ2v) is 5.14. The Morgan fingerprint density at radius 1 is 1.12 bits per heavy atom. The van der Waals surface area contributed by atoms with Crippen molar-refractivity contribution >= 4 is 11.6 Å². The minimum Gasteiger partial charge on any atom is -0.507 e. The van der Waals surface area contributed by atoms with Crippen molar-refractivity contribution in [3.8, 4) is 17.0 Å². The number of rotatable bonds is 3. The number of aromatic hydroxyl groups is 1. The molecule has 7 nitrogen and oxygen atoms in total. The molecule has 0 aliphatic carbocycles. The second-order valence-electron chi connectivity index (χ2n) is 5.14. The summed E-state index contributed by atoms with van der Waals surface area (Å²) >= 11 is 0. The van der Waals surface area contributed by atoms with Crippen LogP contribution >= 0.6 is 0 Å². The molecule has 0 amide bonds. The lowest BCUT2D eigenvalue weighted by Crippen LogP contribution is -2.15. The molecule has 0 bridgehead atoms. The first kappa shape index (κ1) is 15.4. The molecule has 0 unspecified atom stereocenters. The van der Waals surface area contributed by atoms with Crippen LogP contribution in [0.5, 0.6) is 5.75 Å². The van der Waals surface area contributed by atoms with Crippen molar-refractivity contribution in [1.82, 2.24) is 9.78 Å². The van der Waals surface area contributed by atoms with Crippen molar-refractivity contribution in [3.05, 3.63) is 76.0 Å². The van der Waals surface area contributed by atoms with Crippen molar-refractivity contribution in [2.45, 2.75) is 6.92 Å². The molecule has 1 heterocycles. The van der Waals surface area contributed by atoms with Gasteiger partial charge in [-0.05, 0) is 31.2 Å². The molecule has 0 saturated heterocycles. The van der Waals surface area contributed by atoms with E-state index < -0.39 is 10.8 Å². The standard InChI is InChI=1S/C17H13N3O4/c1-11-15(20(23)24)16(13-9-5-6-10-14(13)21)19(18-11)17(22)12-7-3-2-4-8-12/h2-10,21H,1H3. The average molecular weight is 323 g/mol. The smallest absolute Gasteiger partial charge is 0.318 e. The van der Waals surface area contributed by atoms with Gasteiger partial charge in [-0.1, -0.05) is 30.3 Å². The number of nitro groups is 1. The van der Waals surface area contributed by atoms with Crippen LogP contribution in [0.15, 0.2) is 54.6 Å². The molecule has 2 aromatic carbocycles. The molecule has 0 spiro atoms. The number of aryl methyl sites for hydroxylation is 1. The van der Waals surface area contributed by atoms with Crippen molar-refractivity contribution in [3.63, 3.8) is 0 Å². The Balaban J connectivity index is 2.28. The van der Waals surface area contributed by atoms with E-state index in [1.807, 2.05) is 0 Å². The molecule has 24 heavy (non-hydrogen) atoms. The fourth-order valence-corrected chi connectivity index (χ4v) is 2.50. The molecular weight excluding hydrogens is 310 g/mol. The van der Waals surface area contributed by atoms with Crippen molar-refractivity contribution in [2.75, 3.05) is 0 Å². The van der Waals surface area contributed by atoms with E-state index in [9.17, 15) is 20.0 Å². The van der Waals surface area contributed by atoms with Gasteiger partial charge in [-0.2, -0.15) is 9.78 Å². The molecule has 0 aliphatic rings. The van der Waals surface area contributed by atoms with E-state index in [0.29, 0.717) is 5.56 Å². The normalized spacial score (nSPS) is 10.5. The number of phenols is 1. The van der Waals surface area contributed by atoms with Crippen LogP contribution in [0.2, 0.25) is 0 Å². The summed E-state index contributed by atoms with van der Waals surface area (Å²) in [4.78, 5) is 23.6. The maximum Gasteiger partial charge on any atom is 0.318 e. The molecular formula is C17H13N3O4. The van der Waals surface area contributed by atoms with Gasteiger partial charge in [-0.25, -0.2) is 0 Å². The Kier molecular flexibility index (Phi) is 3.83. The predicted molar refractivity (Wildman–Crippen MR) is 86.9 cm³/mol. The maximum atomic E-state index is 12.7. The molecule has 3 aromatic rings. The summed E-state index contributed by atoms with van der Waals surface area (Å²) in [6, 6.07) is 14.5. The van der Waals surface area contributed by atoms with Crippen LogP contribution in [0.4, 0.5) is 5.69 Å². The van der Waals surface area contributed by atoms with Gasteiger partial charge in [-0.3, -0.25) is 14.9 Å². The number of nitrogens with zero attached hydrogens (tertiary/aromatic N) is 3. The van der Waals surface area contributed by atoms with E-state index in [-0.39, 0.29) is 28.4 Å². The van der Waals surface area contributed by atoms with Gasteiger partial charge in [0.15, 0.2) is 5.69 Å². The SMILES string of the molecule is Cc1nn(C(=O)c2ccccc2)c(-c2ccccc2O)c1[N+](=O)[O-]. The summed E-state index contributed by atoms with van der Waals surface area (Å²) in [7, 11) is 0. The summed E-state index contributed by atoms with van der Waals surface area (Å²) < 4.78 is 0.970. The number of phenolic OH excluding ortho intramolecular Hbond substituents is 1. The fourth-order valence-electron chi connectivity index (χ4n) is 2.50. The molecule has 0 atom stereocenters. The van der Waals surface area contributed by atoms with Gasteiger partial charge in [-0.15, -0.1) is 0 Å². The zero-order valence-corrected chi connectivity index (χ0v) is 12.7. The maximum absolute atomic E-state index is 12.7. The number of hydrogen-bond donors (Lipinski definition) is 1. The minimum atomic E-state index is -0.598. The lowest BCUT2D eigenvalue weighted by Gasteiger charge is -2.07. The summed E-state index contributed by atoms with van der Waals surface area (Å²) in [5, 5.41) is 25.6. The number of benzene rings is 2. The Bertz CT molecular complexity index is 932. The highest BCUT2D eigenvalue weighted by atomic mass is 16.6. The first-order chi connectivity index (χ1) is 11.5. The van der Waals surface area contributed by atoms with Crippen LogP contribution in [-0.4, -0.2) is 25.7 Å². The van der Waals surface area contributed by atoms with Crippen LogP contribution in [-0.2, 0) is 0 Å². The van der Waals surface area contributed by atoms with E-state index in [4.69, 9.17) is 0 Å². The van der Waals surface area contributed by atoms with Gasteiger partial charge >= 0.3 is 5.69 Å². The van der Waals surface area contributed by atoms with E-state index in [2.05, 4.69) is 5.10 Å². The molecule has 3 rings (SSSR count). The summed E-state index contributed by atoms with van der Waals surface area (Å²) in [6.45, 7) is 1.45. The quantitative estimate of drug-likeness (QED) is 0.589. The number of para-hydroxylation sites is 1. The summed E-state index contributed by atoms with van der Waals surface area (Å²) in [6.07, 6.45) is 0.